The molecular weight excluding hydrogens is 266 g/mol. The van der Waals surface area contributed by atoms with E-state index in [0.29, 0.717) is 5.92 Å². The summed E-state index contributed by atoms with van der Waals surface area (Å²) >= 11 is 3.56. The van der Waals surface area contributed by atoms with Gasteiger partial charge in [-0.05, 0) is 42.1 Å². The summed E-state index contributed by atoms with van der Waals surface area (Å²) in [6, 6.07) is 4.33. The van der Waals surface area contributed by atoms with Gasteiger partial charge in [-0.15, -0.1) is 0 Å². The second kappa shape index (κ2) is 5.19. The predicted molar refractivity (Wildman–Crippen MR) is 69.9 cm³/mol. The highest BCUT2D eigenvalue weighted by Gasteiger charge is 2.19. The van der Waals surface area contributed by atoms with Gasteiger partial charge in [0, 0.05) is 10.9 Å². The van der Waals surface area contributed by atoms with Crippen LogP contribution in [0.1, 0.15) is 24.5 Å². The van der Waals surface area contributed by atoms with Crippen LogP contribution < -0.4 is 10.5 Å². The van der Waals surface area contributed by atoms with Crippen molar-refractivity contribution in [2.24, 2.45) is 11.7 Å². The van der Waals surface area contributed by atoms with Crippen molar-refractivity contribution in [2.75, 3.05) is 13.2 Å². The molecular formula is C13H18BrNO. The zero-order valence-corrected chi connectivity index (χ0v) is 11.2. The fourth-order valence-electron chi connectivity index (χ4n) is 2.20. The van der Waals surface area contributed by atoms with Crippen molar-refractivity contribution >= 4 is 15.9 Å². The fraction of sp³-hybridized carbons (Fsp3) is 0.538. The molecule has 0 aromatic heterocycles. The summed E-state index contributed by atoms with van der Waals surface area (Å²) in [5, 5.41) is 0. The van der Waals surface area contributed by atoms with Crippen LogP contribution >= 0.6 is 15.9 Å². The highest BCUT2D eigenvalue weighted by atomic mass is 79.9. The summed E-state index contributed by atoms with van der Waals surface area (Å²) < 4.78 is 6.86. The van der Waals surface area contributed by atoms with Gasteiger partial charge in [0.05, 0.1) is 6.61 Å². The van der Waals surface area contributed by atoms with E-state index in [1.54, 1.807) is 0 Å². The maximum Gasteiger partial charge on any atom is 0.125 e. The number of hydrogen-bond donors (Lipinski definition) is 1. The maximum atomic E-state index is 5.76. The van der Waals surface area contributed by atoms with E-state index < -0.39 is 0 Å². The van der Waals surface area contributed by atoms with Gasteiger partial charge in [0.1, 0.15) is 5.75 Å². The van der Waals surface area contributed by atoms with Gasteiger partial charge in [0.2, 0.25) is 0 Å². The molecule has 1 aromatic rings. The van der Waals surface area contributed by atoms with Crippen LogP contribution in [0, 0.1) is 5.92 Å². The normalized spacial score (nSPS) is 15.7. The van der Waals surface area contributed by atoms with Gasteiger partial charge in [-0.1, -0.05) is 29.3 Å². The Morgan fingerprint density at radius 2 is 2.31 bits per heavy atom. The molecule has 0 saturated carbocycles. The van der Waals surface area contributed by atoms with Crippen LogP contribution in [0.5, 0.6) is 5.75 Å². The maximum absolute atomic E-state index is 5.76. The van der Waals surface area contributed by atoms with Gasteiger partial charge < -0.3 is 10.5 Å². The fourth-order valence-corrected chi connectivity index (χ4v) is 2.76. The van der Waals surface area contributed by atoms with Crippen molar-refractivity contribution in [3.05, 3.63) is 27.7 Å². The molecule has 1 unspecified atom stereocenters. The molecule has 88 valence electrons. The van der Waals surface area contributed by atoms with Crippen LogP contribution in [0.25, 0.3) is 0 Å². The summed E-state index contributed by atoms with van der Waals surface area (Å²) in [6.45, 7) is 3.76. The second-order valence-electron chi connectivity index (χ2n) is 4.37. The molecule has 16 heavy (non-hydrogen) atoms. The molecule has 0 spiro atoms. The van der Waals surface area contributed by atoms with Crippen LogP contribution in [0.4, 0.5) is 0 Å². The molecule has 0 aliphatic carbocycles. The first kappa shape index (κ1) is 11.9. The number of ether oxygens (including phenoxy) is 1. The summed E-state index contributed by atoms with van der Waals surface area (Å²) in [5.74, 6) is 1.66. The van der Waals surface area contributed by atoms with E-state index in [0.717, 1.165) is 42.6 Å². The summed E-state index contributed by atoms with van der Waals surface area (Å²) in [4.78, 5) is 0. The quantitative estimate of drug-likeness (QED) is 0.922. The van der Waals surface area contributed by atoms with E-state index in [1.165, 1.54) is 11.1 Å². The van der Waals surface area contributed by atoms with Gasteiger partial charge >= 0.3 is 0 Å². The van der Waals surface area contributed by atoms with Crippen molar-refractivity contribution < 1.29 is 4.74 Å². The number of fused-ring (bicyclic) bond motifs is 1. The molecule has 3 heteroatoms. The summed E-state index contributed by atoms with van der Waals surface area (Å²) in [5.41, 5.74) is 8.40. The Morgan fingerprint density at radius 3 is 3.00 bits per heavy atom. The molecule has 2 nitrogen and oxygen atoms in total. The molecule has 0 bridgehead atoms. The third-order valence-corrected chi connectivity index (χ3v) is 3.70. The lowest BCUT2D eigenvalue weighted by Crippen LogP contribution is -2.16. The minimum Gasteiger partial charge on any atom is -0.493 e. The van der Waals surface area contributed by atoms with E-state index in [2.05, 4.69) is 35.0 Å². The van der Waals surface area contributed by atoms with Gasteiger partial charge in [-0.2, -0.15) is 0 Å². The molecule has 0 amide bonds. The standard InChI is InChI=1S/C13H18BrNO/c1-2-9(8-15)5-11-7-12(14)6-10-3-4-16-13(10)11/h6-7,9H,2-5,8,15H2,1H3. The van der Waals surface area contributed by atoms with Crippen LogP contribution in [0.3, 0.4) is 0 Å². The van der Waals surface area contributed by atoms with Crippen LogP contribution in [0.2, 0.25) is 0 Å². The molecule has 1 atom stereocenters. The van der Waals surface area contributed by atoms with Gasteiger partial charge in [0.15, 0.2) is 0 Å². The smallest absolute Gasteiger partial charge is 0.125 e. The molecule has 0 saturated heterocycles. The van der Waals surface area contributed by atoms with Gasteiger partial charge in [-0.25, -0.2) is 0 Å². The number of rotatable bonds is 4. The zero-order valence-electron chi connectivity index (χ0n) is 9.63. The Hall–Kier alpha value is -0.540. The van der Waals surface area contributed by atoms with Crippen LogP contribution in [0.15, 0.2) is 16.6 Å². The number of benzene rings is 1. The zero-order chi connectivity index (χ0) is 11.5. The lowest BCUT2D eigenvalue weighted by molar-refractivity contribution is 0.350. The van der Waals surface area contributed by atoms with Crippen molar-refractivity contribution in [3.63, 3.8) is 0 Å². The molecule has 2 rings (SSSR count). The Bertz CT molecular complexity index is 374. The van der Waals surface area contributed by atoms with E-state index in [9.17, 15) is 0 Å². The number of nitrogens with two attached hydrogens (primary N) is 1. The summed E-state index contributed by atoms with van der Waals surface area (Å²) in [7, 11) is 0. The molecule has 1 aliphatic heterocycles. The molecule has 1 aliphatic rings. The number of halogens is 1. The first-order valence-corrected chi connectivity index (χ1v) is 6.68. The third-order valence-electron chi connectivity index (χ3n) is 3.24. The highest BCUT2D eigenvalue weighted by Crippen LogP contribution is 2.34. The molecule has 0 fully saturated rings. The van der Waals surface area contributed by atoms with E-state index in [1.807, 2.05) is 0 Å². The van der Waals surface area contributed by atoms with E-state index in [4.69, 9.17) is 10.5 Å². The SMILES string of the molecule is CCC(CN)Cc1cc(Br)cc2c1OCC2. The average molecular weight is 284 g/mol. The van der Waals surface area contributed by atoms with Crippen LogP contribution in [-0.4, -0.2) is 13.2 Å². The first-order chi connectivity index (χ1) is 7.74. The van der Waals surface area contributed by atoms with E-state index >= 15 is 0 Å². The molecule has 1 heterocycles. The Morgan fingerprint density at radius 1 is 1.50 bits per heavy atom. The van der Waals surface area contributed by atoms with Crippen LogP contribution in [-0.2, 0) is 12.8 Å². The van der Waals surface area contributed by atoms with Gasteiger partial charge in [0.25, 0.3) is 0 Å². The van der Waals surface area contributed by atoms with Crippen molar-refractivity contribution in [2.45, 2.75) is 26.2 Å². The largest absolute Gasteiger partial charge is 0.493 e. The Labute approximate surface area is 105 Å². The lowest BCUT2D eigenvalue weighted by atomic mass is 9.95. The lowest BCUT2D eigenvalue weighted by Gasteiger charge is -2.15. The minimum atomic E-state index is 0.558. The van der Waals surface area contributed by atoms with Crippen molar-refractivity contribution in [1.82, 2.24) is 0 Å². The van der Waals surface area contributed by atoms with Crippen molar-refractivity contribution in [1.29, 1.82) is 0 Å². The molecule has 2 N–H and O–H groups in total. The van der Waals surface area contributed by atoms with Crippen molar-refractivity contribution in [3.8, 4) is 5.75 Å². The Balaban J connectivity index is 2.26. The average Bonchev–Trinajstić information content (AvgIpc) is 2.73. The van der Waals surface area contributed by atoms with Gasteiger partial charge in [-0.3, -0.25) is 0 Å². The number of hydrogen-bond acceptors (Lipinski definition) is 2. The highest BCUT2D eigenvalue weighted by molar-refractivity contribution is 9.10. The first-order valence-electron chi connectivity index (χ1n) is 5.88. The third kappa shape index (κ3) is 2.41. The van der Waals surface area contributed by atoms with E-state index in [-0.39, 0.29) is 0 Å². The Kier molecular flexibility index (Phi) is 3.87. The predicted octanol–water partition coefficient (Wildman–Crippen LogP) is 2.91. The molecule has 1 aromatic carbocycles. The summed E-state index contributed by atoms with van der Waals surface area (Å²) in [6.07, 6.45) is 3.17. The minimum absolute atomic E-state index is 0.558. The monoisotopic (exact) mass is 283 g/mol. The second-order valence-corrected chi connectivity index (χ2v) is 5.28. The molecule has 0 radical (unpaired) electrons. The topological polar surface area (TPSA) is 35.2 Å².